The Kier molecular flexibility index (Phi) is 6.32. The molecular formula is C17H18Cl2N2O3S. The molecule has 0 bridgehead atoms. The summed E-state index contributed by atoms with van der Waals surface area (Å²) in [5.74, 6) is -0.433. The van der Waals surface area contributed by atoms with E-state index in [9.17, 15) is 13.2 Å². The maximum atomic E-state index is 12.3. The van der Waals surface area contributed by atoms with Gasteiger partial charge in [-0.2, -0.15) is 0 Å². The molecule has 0 aliphatic rings. The average Bonchev–Trinajstić information content (AvgIpc) is 2.51. The zero-order valence-corrected chi connectivity index (χ0v) is 16.1. The molecule has 2 aromatic carbocycles. The molecule has 0 aliphatic heterocycles. The Labute approximate surface area is 157 Å². The number of benzene rings is 2. The quantitative estimate of drug-likeness (QED) is 0.804. The largest absolute Gasteiger partial charge is 0.348 e. The number of sulfonamides is 1. The van der Waals surface area contributed by atoms with Crippen LogP contribution in [-0.2, 0) is 14.8 Å². The number of anilines is 1. The van der Waals surface area contributed by atoms with Crippen molar-refractivity contribution in [2.24, 2.45) is 0 Å². The minimum Gasteiger partial charge on any atom is -0.348 e. The molecule has 1 amide bonds. The van der Waals surface area contributed by atoms with E-state index >= 15 is 0 Å². The molecule has 5 nitrogen and oxygen atoms in total. The van der Waals surface area contributed by atoms with Crippen LogP contribution in [0.5, 0.6) is 0 Å². The van der Waals surface area contributed by atoms with Gasteiger partial charge in [0.2, 0.25) is 15.9 Å². The van der Waals surface area contributed by atoms with Crippen molar-refractivity contribution in [3.8, 4) is 0 Å². The maximum absolute atomic E-state index is 12.3. The second kappa shape index (κ2) is 8.08. The van der Waals surface area contributed by atoms with Crippen LogP contribution in [0.2, 0.25) is 10.0 Å². The summed E-state index contributed by atoms with van der Waals surface area (Å²) < 4.78 is 25.1. The molecule has 0 spiro atoms. The smallest absolute Gasteiger partial charge is 0.241 e. The summed E-state index contributed by atoms with van der Waals surface area (Å²) in [6.07, 6.45) is 1.04. The van der Waals surface area contributed by atoms with Crippen molar-refractivity contribution in [1.29, 1.82) is 0 Å². The zero-order chi connectivity index (χ0) is 18.6. The highest BCUT2D eigenvalue weighted by atomic mass is 35.5. The third kappa shape index (κ3) is 5.63. The second-order valence-corrected chi connectivity index (χ2v) is 8.37. The van der Waals surface area contributed by atoms with Gasteiger partial charge in [-0.1, -0.05) is 41.4 Å². The molecule has 25 heavy (non-hydrogen) atoms. The van der Waals surface area contributed by atoms with E-state index in [1.165, 1.54) is 6.07 Å². The standard InChI is InChI=1S/C17H18Cl2N2O3S/c1-12(13-5-3-6-14(18)9-13)20-17(22)11-21(25(2,23)24)16-8-4-7-15(19)10-16/h3-10,12H,11H2,1-2H3,(H,20,22)/t12-/m1/s1. The van der Waals surface area contributed by atoms with Crippen LogP contribution in [0.1, 0.15) is 18.5 Å². The summed E-state index contributed by atoms with van der Waals surface area (Å²) in [5, 5.41) is 3.73. The van der Waals surface area contributed by atoms with Crippen LogP contribution in [0, 0.1) is 0 Å². The number of halogens is 2. The summed E-state index contributed by atoms with van der Waals surface area (Å²) in [6, 6.07) is 13.1. The Morgan fingerprint density at radius 1 is 1.12 bits per heavy atom. The van der Waals surface area contributed by atoms with Gasteiger partial charge < -0.3 is 5.32 Å². The Bertz CT molecular complexity index is 872. The van der Waals surface area contributed by atoms with Gasteiger partial charge in [0, 0.05) is 10.0 Å². The predicted molar refractivity (Wildman–Crippen MR) is 102 cm³/mol. The van der Waals surface area contributed by atoms with E-state index in [0.29, 0.717) is 15.7 Å². The number of carbonyl (C=O) groups excluding carboxylic acids is 1. The Hall–Kier alpha value is -1.76. The molecule has 1 atom stereocenters. The van der Waals surface area contributed by atoms with Gasteiger partial charge >= 0.3 is 0 Å². The zero-order valence-electron chi connectivity index (χ0n) is 13.7. The van der Waals surface area contributed by atoms with Crippen molar-refractivity contribution < 1.29 is 13.2 Å². The lowest BCUT2D eigenvalue weighted by atomic mass is 10.1. The van der Waals surface area contributed by atoms with Crippen molar-refractivity contribution in [3.63, 3.8) is 0 Å². The van der Waals surface area contributed by atoms with Crippen LogP contribution in [-0.4, -0.2) is 27.1 Å². The van der Waals surface area contributed by atoms with Gasteiger partial charge in [0.1, 0.15) is 6.54 Å². The minimum atomic E-state index is -3.64. The lowest BCUT2D eigenvalue weighted by molar-refractivity contribution is -0.120. The van der Waals surface area contributed by atoms with Gasteiger partial charge in [-0.25, -0.2) is 8.42 Å². The number of nitrogens with zero attached hydrogens (tertiary/aromatic N) is 1. The molecular weight excluding hydrogens is 383 g/mol. The predicted octanol–water partition coefficient (Wildman–Crippen LogP) is 3.64. The second-order valence-electron chi connectivity index (χ2n) is 5.59. The lowest BCUT2D eigenvalue weighted by Gasteiger charge is -2.23. The number of hydrogen-bond donors (Lipinski definition) is 1. The van der Waals surface area contributed by atoms with Gasteiger partial charge in [0.15, 0.2) is 0 Å². The van der Waals surface area contributed by atoms with Gasteiger partial charge in [-0.15, -0.1) is 0 Å². The molecule has 0 heterocycles. The SMILES string of the molecule is C[C@@H](NC(=O)CN(c1cccc(Cl)c1)S(C)(=O)=O)c1cccc(Cl)c1. The normalized spacial score (nSPS) is 12.5. The first-order valence-corrected chi connectivity index (χ1v) is 10.1. The highest BCUT2D eigenvalue weighted by Crippen LogP contribution is 2.22. The van der Waals surface area contributed by atoms with Gasteiger partial charge in [-0.3, -0.25) is 9.10 Å². The summed E-state index contributed by atoms with van der Waals surface area (Å²) in [5.41, 5.74) is 1.16. The lowest BCUT2D eigenvalue weighted by Crippen LogP contribution is -2.41. The molecule has 0 fully saturated rings. The molecule has 134 valence electrons. The van der Waals surface area contributed by atoms with Crippen LogP contribution in [0.25, 0.3) is 0 Å². The molecule has 2 aromatic rings. The van der Waals surface area contributed by atoms with Crippen molar-refractivity contribution >= 4 is 44.8 Å². The number of nitrogens with one attached hydrogen (secondary N) is 1. The van der Waals surface area contributed by atoms with Crippen LogP contribution in [0.4, 0.5) is 5.69 Å². The fourth-order valence-electron chi connectivity index (χ4n) is 2.31. The topological polar surface area (TPSA) is 66.5 Å². The van der Waals surface area contributed by atoms with E-state index in [-0.39, 0.29) is 12.6 Å². The fraction of sp³-hybridized carbons (Fsp3) is 0.235. The van der Waals surface area contributed by atoms with Crippen LogP contribution >= 0.6 is 23.2 Å². The first kappa shape index (κ1) is 19.6. The molecule has 2 rings (SSSR count). The van der Waals surface area contributed by atoms with E-state index in [1.54, 1.807) is 43.3 Å². The molecule has 0 aliphatic carbocycles. The summed E-state index contributed by atoms with van der Waals surface area (Å²) in [7, 11) is -3.64. The number of amides is 1. The van der Waals surface area contributed by atoms with Gasteiger partial charge in [-0.05, 0) is 42.8 Å². The highest BCUT2D eigenvalue weighted by Gasteiger charge is 2.22. The van der Waals surface area contributed by atoms with Crippen molar-refractivity contribution in [2.75, 3.05) is 17.1 Å². The number of carbonyl (C=O) groups is 1. The van der Waals surface area contributed by atoms with E-state index < -0.39 is 15.9 Å². The van der Waals surface area contributed by atoms with Crippen LogP contribution in [0.15, 0.2) is 48.5 Å². The fourth-order valence-corrected chi connectivity index (χ4v) is 3.54. The number of rotatable bonds is 6. The van der Waals surface area contributed by atoms with Gasteiger partial charge in [0.05, 0.1) is 18.0 Å². The highest BCUT2D eigenvalue weighted by molar-refractivity contribution is 7.92. The van der Waals surface area contributed by atoms with Crippen molar-refractivity contribution in [2.45, 2.75) is 13.0 Å². The average molecular weight is 401 g/mol. The molecule has 0 unspecified atom stereocenters. The van der Waals surface area contributed by atoms with E-state index in [4.69, 9.17) is 23.2 Å². The van der Waals surface area contributed by atoms with Crippen molar-refractivity contribution in [3.05, 3.63) is 64.1 Å². The van der Waals surface area contributed by atoms with Crippen molar-refractivity contribution in [1.82, 2.24) is 5.32 Å². The molecule has 0 saturated heterocycles. The van der Waals surface area contributed by atoms with Crippen LogP contribution < -0.4 is 9.62 Å². The monoisotopic (exact) mass is 400 g/mol. The number of hydrogen-bond acceptors (Lipinski definition) is 3. The van der Waals surface area contributed by atoms with E-state index in [1.807, 2.05) is 6.07 Å². The van der Waals surface area contributed by atoms with E-state index in [2.05, 4.69) is 5.32 Å². The summed E-state index contributed by atoms with van der Waals surface area (Å²) in [4.78, 5) is 12.3. The van der Waals surface area contributed by atoms with Gasteiger partial charge in [0.25, 0.3) is 0 Å². The first-order valence-electron chi connectivity index (χ1n) is 7.45. The Morgan fingerprint density at radius 2 is 1.72 bits per heavy atom. The maximum Gasteiger partial charge on any atom is 0.241 e. The molecule has 8 heteroatoms. The third-order valence-corrected chi connectivity index (χ3v) is 5.12. The molecule has 1 N–H and O–H groups in total. The first-order chi connectivity index (χ1) is 11.7. The Morgan fingerprint density at radius 3 is 2.28 bits per heavy atom. The van der Waals surface area contributed by atoms with E-state index in [0.717, 1.165) is 16.1 Å². The molecule has 0 radical (unpaired) electrons. The molecule has 0 aromatic heterocycles. The molecule has 0 saturated carbocycles. The summed E-state index contributed by atoms with van der Waals surface area (Å²) in [6.45, 7) is 1.46. The minimum absolute atomic E-state index is 0.313. The summed E-state index contributed by atoms with van der Waals surface area (Å²) >= 11 is 11.9. The Balaban J connectivity index is 2.15. The third-order valence-electron chi connectivity index (χ3n) is 3.51. The van der Waals surface area contributed by atoms with Crippen LogP contribution in [0.3, 0.4) is 0 Å².